The lowest BCUT2D eigenvalue weighted by atomic mass is 10.1. The average Bonchev–Trinajstić information content (AvgIpc) is 3.24. The fourth-order valence-electron chi connectivity index (χ4n) is 2.83. The standard InChI is InChI=1S/C20H19N5O2S/c1-12-4-9-17(13(2)10-12)27-11-18(26)21-16-7-5-15(6-8-16)19-24-25-14(3)22-23-20(25)28-19/h4-10H,11H2,1-3H3,(H,21,26). The highest BCUT2D eigenvalue weighted by Crippen LogP contribution is 2.26. The van der Waals surface area contributed by atoms with Crippen molar-refractivity contribution in [1.82, 2.24) is 19.8 Å². The van der Waals surface area contributed by atoms with Gasteiger partial charge in [0, 0.05) is 11.3 Å². The first-order chi connectivity index (χ1) is 13.5. The summed E-state index contributed by atoms with van der Waals surface area (Å²) in [7, 11) is 0. The molecule has 0 saturated carbocycles. The van der Waals surface area contributed by atoms with E-state index in [1.54, 1.807) is 4.52 Å². The number of ether oxygens (including phenoxy) is 1. The molecule has 0 unspecified atom stereocenters. The summed E-state index contributed by atoms with van der Waals surface area (Å²) >= 11 is 1.47. The van der Waals surface area contributed by atoms with Crippen LogP contribution in [0.1, 0.15) is 17.0 Å². The van der Waals surface area contributed by atoms with E-state index in [1.165, 1.54) is 11.3 Å². The summed E-state index contributed by atoms with van der Waals surface area (Å²) in [5.74, 6) is 1.27. The number of amides is 1. The normalized spacial score (nSPS) is 11.0. The SMILES string of the molecule is Cc1ccc(OCC(=O)Nc2ccc(-c3nn4c(C)nnc4s3)cc2)c(C)c1. The summed E-state index contributed by atoms with van der Waals surface area (Å²) in [4.78, 5) is 12.9. The molecule has 7 nitrogen and oxygen atoms in total. The summed E-state index contributed by atoms with van der Waals surface area (Å²) in [5, 5.41) is 16.3. The van der Waals surface area contributed by atoms with Crippen molar-refractivity contribution >= 4 is 27.9 Å². The molecule has 1 N–H and O–H groups in total. The van der Waals surface area contributed by atoms with E-state index in [-0.39, 0.29) is 12.5 Å². The third-order valence-corrected chi connectivity index (χ3v) is 5.20. The number of aromatic nitrogens is 4. The summed E-state index contributed by atoms with van der Waals surface area (Å²) in [6.45, 7) is 5.81. The molecule has 0 radical (unpaired) electrons. The van der Waals surface area contributed by atoms with E-state index in [4.69, 9.17) is 4.74 Å². The van der Waals surface area contributed by atoms with Crippen LogP contribution >= 0.6 is 11.3 Å². The Morgan fingerprint density at radius 1 is 1.11 bits per heavy atom. The second kappa shape index (κ2) is 7.40. The molecule has 0 spiro atoms. The van der Waals surface area contributed by atoms with Gasteiger partial charge in [0.1, 0.15) is 10.8 Å². The maximum Gasteiger partial charge on any atom is 0.262 e. The van der Waals surface area contributed by atoms with Crippen LogP contribution in [0.15, 0.2) is 42.5 Å². The third-order valence-electron chi connectivity index (χ3n) is 4.25. The topological polar surface area (TPSA) is 81.4 Å². The summed E-state index contributed by atoms with van der Waals surface area (Å²) in [6, 6.07) is 13.4. The number of carbonyl (C=O) groups is 1. The number of anilines is 1. The Hall–Kier alpha value is -3.26. The lowest BCUT2D eigenvalue weighted by Crippen LogP contribution is -2.20. The van der Waals surface area contributed by atoms with Gasteiger partial charge in [-0.15, -0.1) is 10.2 Å². The number of aryl methyl sites for hydroxylation is 3. The number of benzene rings is 2. The highest BCUT2D eigenvalue weighted by atomic mass is 32.1. The zero-order valence-electron chi connectivity index (χ0n) is 15.8. The number of hydrogen-bond donors (Lipinski definition) is 1. The number of carbonyl (C=O) groups excluding carboxylic acids is 1. The Labute approximate surface area is 166 Å². The van der Waals surface area contributed by atoms with Crippen LogP contribution in [0.2, 0.25) is 0 Å². The molecule has 28 heavy (non-hydrogen) atoms. The maximum absolute atomic E-state index is 12.2. The largest absolute Gasteiger partial charge is 0.483 e. The van der Waals surface area contributed by atoms with Crippen molar-refractivity contribution in [3.8, 4) is 16.3 Å². The summed E-state index contributed by atoms with van der Waals surface area (Å²) < 4.78 is 7.34. The van der Waals surface area contributed by atoms with Gasteiger partial charge in [-0.05, 0) is 56.7 Å². The van der Waals surface area contributed by atoms with E-state index in [0.29, 0.717) is 5.69 Å². The number of rotatable bonds is 5. The molecule has 0 aliphatic carbocycles. The Bertz CT molecular complexity index is 1150. The molecule has 0 fully saturated rings. The van der Waals surface area contributed by atoms with Crippen molar-refractivity contribution in [1.29, 1.82) is 0 Å². The Morgan fingerprint density at radius 2 is 1.89 bits per heavy atom. The zero-order chi connectivity index (χ0) is 19.7. The average molecular weight is 393 g/mol. The lowest BCUT2D eigenvalue weighted by molar-refractivity contribution is -0.118. The van der Waals surface area contributed by atoms with Crippen LogP contribution in [0.3, 0.4) is 0 Å². The highest BCUT2D eigenvalue weighted by molar-refractivity contribution is 7.19. The van der Waals surface area contributed by atoms with Crippen LogP contribution in [0.5, 0.6) is 5.75 Å². The second-order valence-corrected chi connectivity index (χ2v) is 7.49. The summed E-state index contributed by atoms with van der Waals surface area (Å²) in [6.07, 6.45) is 0. The molecule has 2 aromatic carbocycles. The van der Waals surface area contributed by atoms with Crippen molar-refractivity contribution in [2.75, 3.05) is 11.9 Å². The fraction of sp³-hybridized carbons (Fsp3) is 0.200. The number of hydrogen-bond acceptors (Lipinski definition) is 6. The minimum absolute atomic E-state index is 0.0401. The quantitative estimate of drug-likeness (QED) is 0.558. The van der Waals surface area contributed by atoms with Gasteiger partial charge in [-0.25, -0.2) is 0 Å². The molecule has 0 aliphatic rings. The second-order valence-electron chi connectivity index (χ2n) is 6.53. The Balaban J connectivity index is 1.39. The minimum atomic E-state index is -0.206. The molecule has 2 aromatic heterocycles. The molecule has 1 amide bonds. The molecule has 0 atom stereocenters. The predicted molar refractivity (Wildman–Crippen MR) is 109 cm³/mol. The third kappa shape index (κ3) is 3.72. The van der Waals surface area contributed by atoms with Crippen LogP contribution in [0, 0.1) is 20.8 Å². The van der Waals surface area contributed by atoms with Gasteiger partial charge in [-0.3, -0.25) is 4.79 Å². The molecule has 0 aliphatic heterocycles. The van der Waals surface area contributed by atoms with E-state index in [1.807, 2.05) is 63.2 Å². The molecule has 0 saturated heterocycles. The van der Waals surface area contributed by atoms with Gasteiger partial charge in [-0.2, -0.15) is 9.61 Å². The van der Waals surface area contributed by atoms with Crippen LogP contribution in [-0.4, -0.2) is 32.3 Å². The minimum Gasteiger partial charge on any atom is -0.483 e. The van der Waals surface area contributed by atoms with Gasteiger partial charge < -0.3 is 10.1 Å². The molecule has 2 heterocycles. The van der Waals surface area contributed by atoms with Gasteiger partial charge in [0.15, 0.2) is 12.4 Å². The van der Waals surface area contributed by atoms with Crippen LogP contribution in [-0.2, 0) is 4.79 Å². The maximum atomic E-state index is 12.2. The molecule has 4 aromatic rings. The zero-order valence-corrected chi connectivity index (χ0v) is 16.6. The van der Waals surface area contributed by atoms with Gasteiger partial charge in [-0.1, -0.05) is 29.0 Å². The van der Waals surface area contributed by atoms with Crippen LogP contribution in [0.25, 0.3) is 15.5 Å². The van der Waals surface area contributed by atoms with Crippen molar-refractivity contribution < 1.29 is 9.53 Å². The van der Waals surface area contributed by atoms with Crippen LogP contribution < -0.4 is 10.1 Å². The van der Waals surface area contributed by atoms with Crippen molar-refractivity contribution in [3.05, 3.63) is 59.4 Å². The molecule has 142 valence electrons. The summed E-state index contributed by atoms with van der Waals surface area (Å²) in [5.41, 5.74) is 3.84. The first-order valence-electron chi connectivity index (χ1n) is 8.79. The monoisotopic (exact) mass is 393 g/mol. The molecular weight excluding hydrogens is 374 g/mol. The number of fused-ring (bicyclic) bond motifs is 1. The van der Waals surface area contributed by atoms with E-state index in [0.717, 1.165) is 38.2 Å². The van der Waals surface area contributed by atoms with Gasteiger partial charge in [0.05, 0.1) is 0 Å². The van der Waals surface area contributed by atoms with Crippen molar-refractivity contribution in [2.24, 2.45) is 0 Å². The van der Waals surface area contributed by atoms with Gasteiger partial charge in [0.25, 0.3) is 5.91 Å². The lowest BCUT2D eigenvalue weighted by Gasteiger charge is -2.10. The fourth-order valence-corrected chi connectivity index (χ4v) is 3.72. The van der Waals surface area contributed by atoms with E-state index in [9.17, 15) is 4.79 Å². The smallest absolute Gasteiger partial charge is 0.262 e. The molecular formula is C20H19N5O2S. The van der Waals surface area contributed by atoms with E-state index in [2.05, 4.69) is 20.6 Å². The predicted octanol–water partition coefficient (Wildman–Crippen LogP) is 3.80. The van der Waals surface area contributed by atoms with Crippen molar-refractivity contribution in [3.63, 3.8) is 0 Å². The molecule has 0 bridgehead atoms. The number of nitrogens with one attached hydrogen (secondary N) is 1. The molecule has 4 rings (SSSR count). The van der Waals surface area contributed by atoms with Crippen molar-refractivity contribution in [2.45, 2.75) is 20.8 Å². The first kappa shape index (κ1) is 18.1. The Morgan fingerprint density at radius 3 is 2.61 bits per heavy atom. The Kier molecular flexibility index (Phi) is 4.79. The molecule has 8 heteroatoms. The van der Waals surface area contributed by atoms with Gasteiger partial charge in [0.2, 0.25) is 4.96 Å². The van der Waals surface area contributed by atoms with Crippen LogP contribution in [0.4, 0.5) is 5.69 Å². The van der Waals surface area contributed by atoms with E-state index >= 15 is 0 Å². The van der Waals surface area contributed by atoms with Gasteiger partial charge >= 0.3 is 0 Å². The van der Waals surface area contributed by atoms with E-state index < -0.39 is 0 Å². The first-order valence-corrected chi connectivity index (χ1v) is 9.60. The number of nitrogens with zero attached hydrogens (tertiary/aromatic N) is 4. The highest BCUT2D eigenvalue weighted by Gasteiger charge is 2.11.